The molecule has 0 saturated carbocycles. The Kier molecular flexibility index (Phi) is 5.50. The summed E-state index contributed by atoms with van der Waals surface area (Å²) in [5.74, 6) is -1.94. The van der Waals surface area contributed by atoms with Gasteiger partial charge in [0.1, 0.15) is 17.3 Å². The lowest BCUT2D eigenvalue weighted by Gasteiger charge is -2.26. The van der Waals surface area contributed by atoms with Crippen molar-refractivity contribution in [2.75, 3.05) is 6.54 Å². The number of hydrogen-bond acceptors (Lipinski definition) is 3. The molecule has 1 aromatic carbocycles. The average Bonchev–Trinajstić information content (AvgIpc) is 2.34. The Balaban J connectivity index is 3.32. The third-order valence-electron chi connectivity index (χ3n) is 2.85. The summed E-state index contributed by atoms with van der Waals surface area (Å²) >= 11 is 5.75. The van der Waals surface area contributed by atoms with Crippen LogP contribution in [0.25, 0.3) is 0 Å². The summed E-state index contributed by atoms with van der Waals surface area (Å²) in [6, 6.07) is 2.36. The third-order valence-corrected chi connectivity index (χ3v) is 5.30. The number of rotatable bonds is 6. The minimum atomic E-state index is -4.10. The second-order valence-corrected chi connectivity index (χ2v) is 6.54. The molecule has 0 aromatic heterocycles. The SMILES string of the molecule is CCC(C)N(CC(=O)O)S(=O)(=O)c1ccc(F)cc1Cl. The first-order chi connectivity index (χ1) is 9.20. The maximum absolute atomic E-state index is 13.0. The van der Waals surface area contributed by atoms with Crippen molar-refractivity contribution in [1.82, 2.24) is 4.31 Å². The highest BCUT2D eigenvalue weighted by Crippen LogP contribution is 2.27. The fourth-order valence-corrected chi connectivity index (χ4v) is 3.79. The Labute approximate surface area is 122 Å². The molecule has 0 spiro atoms. The Morgan fingerprint density at radius 1 is 1.50 bits per heavy atom. The summed E-state index contributed by atoms with van der Waals surface area (Å²) in [6.07, 6.45) is 0.436. The highest BCUT2D eigenvalue weighted by Gasteiger charge is 2.31. The van der Waals surface area contributed by atoms with E-state index in [1.54, 1.807) is 13.8 Å². The molecule has 0 aliphatic rings. The van der Waals surface area contributed by atoms with Crippen LogP contribution in [-0.4, -0.2) is 36.4 Å². The van der Waals surface area contributed by atoms with E-state index in [4.69, 9.17) is 16.7 Å². The van der Waals surface area contributed by atoms with Crippen LogP contribution in [0, 0.1) is 5.82 Å². The zero-order valence-corrected chi connectivity index (χ0v) is 12.6. The summed E-state index contributed by atoms with van der Waals surface area (Å²) < 4.78 is 38.7. The van der Waals surface area contributed by atoms with Crippen LogP contribution >= 0.6 is 11.6 Å². The smallest absolute Gasteiger partial charge is 0.318 e. The van der Waals surface area contributed by atoms with E-state index in [-0.39, 0.29) is 9.92 Å². The van der Waals surface area contributed by atoms with Crippen molar-refractivity contribution in [2.45, 2.75) is 31.2 Å². The van der Waals surface area contributed by atoms with Crippen molar-refractivity contribution in [3.8, 4) is 0 Å². The molecule has 0 aliphatic carbocycles. The molecule has 1 aromatic rings. The molecule has 0 fully saturated rings. The standard InChI is InChI=1S/C12H15ClFNO4S/c1-3-8(2)15(7-12(16)17)20(18,19)11-5-4-9(14)6-10(11)13/h4-6,8H,3,7H2,1-2H3,(H,16,17). The van der Waals surface area contributed by atoms with Gasteiger partial charge >= 0.3 is 5.97 Å². The highest BCUT2D eigenvalue weighted by atomic mass is 35.5. The third kappa shape index (κ3) is 3.68. The van der Waals surface area contributed by atoms with Gasteiger partial charge in [-0.2, -0.15) is 4.31 Å². The lowest BCUT2D eigenvalue weighted by atomic mass is 10.2. The molecule has 112 valence electrons. The predicted molar refractivity (Wildman–Crippen MR) is 72.7 cm³/mol. The molecule has 1 unspecified atom stereocenters. The molecule has 0 heterocycles. The van der Waals surface area contributed by atoms with Gasteiger partial charge in [0.15, 0.2) is 0 Å². The fraction of sp³-hybridized carbons (Fsp3) is 0.417. The average molecular weight is 324 g/mol. The molecule has 0 saturated heterocycles. The number of halogens is 2. The number of benzene rings is 1. The molecule has 20 heavy (non-hydrogen) atoms. The van der Waals surface area contributed by atoms with E-state index in [1.807, 2.05) is 0 Å². The van der Waals surface area contributed by atoms with E-state index >= 15 is 0 Å². The molecule has 8 heteroatoms. The van der Waals surface area contributed by atoms with Gasteiger partial charge < -0.3 is 5.11 Å². The van der Waals surface area contributed by atoms with Crippen LogP contribution in [0.4, 0.5) is 4.39 Å². The Morgan fingerprint density at radius 3 is 2.55 bits per heavy atom. The van der Waals surface area contributed by atoms with Crippen molar-refractivity contribution in [1.29, 1.82) is 0 Å². The van der Waals surface area contributed by atoms with Gasteiger partial charge in [0.25, 0.3) is 0 Å². The van der Waals surface area contributed by atoms with E-state index in [1.165, 1.54) is 0 Å². The topological polar surface area (TPSA) is 74.7 Å². The monoisotopic (exact) mass is 323 g/mol. The molecule has 5 nitrogen and oxygen atoms in total. The van der Waals surface area contributed by atoms with Crippen LogP contribution in [0.2, 0.25) is 5.02 Å². The van der Waals surface area contributed by atoms with Crippen molar-refractivity contribution in [2.24, 2.45) is 0 Å². The number of nitrogens with zero attached hydrogens (tertiary/aromatic N) is 1. The van der Waals surface area contributed by atoms with Gasteiger partial charge in [-0.1, -0.05) is 18.5 Å². The molecule has 1 N–H and O–H groups in total. The number of aliphatic carboxylic acids is 1. The molecule has 0 aliphatic heterocycles. The van der Waals surface area contributed by atoms with Crippen LogP contribution in [0.3, 0.4) is 0 Å². The lowest BCUT2D eigenvalue weighted by molar-refractivity contribution is -0.137. The summed E-state index contributed by atoms with van der Waals surface area (Å²) in [6.45, 7) is 2.66. The number of carbonyl (C=O) groups is 1. The predicted octanol–water partition coefficient (Wildman–Crippen LogP) is 2.35. The highest BCUT2D eigenvalue weighted by molar-refractivity contribution is 7.89. The zero-order chi connectivity index (χ0) is 15.5. The molecule has 1 rings (SSSR count). The maximum atomic E-state index is 13.0. The molecule has 0 amide bonds. The molecule has 1 atom stereocenters. The number of carboxylic acids is 1. The van der Waals surface area contributed by atoms with E-state index < -0.39 is 34.4 Å². The van der Waals surface area contributed by atoms with Gasteiger partial charge in [0.05, 0.1) is 5.02 Å². The van der Waals surface area contributed by atoms with E-state index in [0.29, 0.717) is 6.42 Å². The number of carboxylic acid groups (broad SMARTS) is 1. The molecular formula is C12H15ClFNO4S. The van der Waals surface area contributed by atoms with E-state index in [2.05, 4.69) is 0 Å². The van der Waals surface area contributed by atoms with Gasteiger partial charge in [-0.25, -0.2) is 12.8 Å². The lowest BCUT2D eigenvalue weighted by Crippen LogP contribution is -2.41. The number of hydrogen-bond donors (Lipinski definition) is 1. The first-order valence-electron chi connectivity index (χ1n) is 5.88. The van der Waals surface area contributed by atoms with Gasteiger partial charge in [-0.05, 0) is 31.5 Å². The largest absolute Gasteiger partial charge is 0.480 e. The number of sulfonamides is 1. The van der Waals surface area contributed by atoms with Crippen LogP contribution in [0.5, 0.6) is 0 Å². The van der Waals surface area contributed by atoms with Crippen LogP contribution in [0.15, 0.2) is 23.1 Å². The van der Waals surface area contributed by atoms with E-state index in [0.717, 1.165) is 22.5 Å². The molecule has 0 radical (unpaired) electrons. The summed E-state index contributed by atoms with van der Waals surface area (Å²) in [7, 11) is -4.10. The quantitative estimate of drug-likeness (QED) is 0.872. The first-order valence-corrected chi connectivity index (χ1v) is 7.70. The van der Waals surface area contributed by atoms with Gasteiger partial charge in [-0.15, -0.1) is 0 Å². The van der Waals surface area contributed by atoms with Crippen molar-refractivity contribution in [3.05, 3.63) is 29.0 Å². The molecular weight excluding hydrogens is 309 g/mol. The normalized spacial score (nSPS) is 13.4. The van der Waals surface area contributed by atoms with Crippen molar-refractivity contribution < 1.29 is 22.7 Å². The van der Waals surface area contributed by atoms with Crippen molar-refractivity contribution in [3.63, 3.8) is 0 Å². The maximum Gasteiger partial charge on any atom is 0.318 e. The van der Waals surface area contributed by atoms with Crippen molar-refractivity contribution >= 4 is 27.6 Å². The van der Waals surface area contributed by atoms with Crippen LogP contribution in [0.1, 0.15) is 20.3 Å². The van der Waals surface area contributed by atoms with Crippen LogP contribution in [-0.2, 0) is 14.8 Å². The Bertz CT molecular complexity index is 605. The summed E-state index contributed by atoms with van der Waals surface area (Å²) in [5.41, 5.74) is 0. The minimum absolute atomic E-state index is 0.274. The van der Waals surface area contributed by atoms with E-state index in [9.17, 15) is 17.6 Å². The van der Waals surface area contributed by atoms with Crippen LogP contribution < -0.4 is 0 Å². The van der Waals surface area contributed by atoms with Gasteiger partial charge in [0, 0.05) is 6.04 Å². The first kappa shape index (κ1) is 16.9. The zero-order valence-electron chi connectivity index (χ0n) is 11.0. The second kappa shape index (κ2) is 6.51. The Morgan fingerprint density at radius 2 is 2.10 bits per heavy atom. The van der Waals surface area contributed by atoms with Gasteiger partial charge in [-0.3, -0.25) is 4.79 Å². The summed E-state index contributed by atoms with van der Waals surface area (Å²) in [5, 5.41) is 8.58. The minimum Gasteiger partial charge on any atom is -0.480 e. The second-order valence-electron chi connectivity index (χ2n) is 4.28. The summed E-state index contributed by atoms with van der Waals surface area (Å²) in [4.78, 5) is 10.5. The fourth-order valence-electron chi connectivity index (χ4n) is 1.63. The molecule has 0 bridgehead atoms. The Hall–Kier alpha value is -1.18. The van der Waals surface area contributed by atoms with Gasteiger partial charge in [0.2, 0.25) is 10.0 Å².